The van der Waals surface area contributed by atoms with Gasteiger partial charge in [0, 0.05) is 0 Å². The maximum absolute atomic E-state index is 10.6. The van der Waals surface area contributed by atoms with Gasteiger partial charge in [0.25, 0.3) is 0 Å². The van der Waals surface area contributed by atoms with Gasteiger partial charge in [0.05, 0.1) is 7.18 Å². The molecule has 0 aliphatic carbocycles. The Morgan fingerprint density at radius 3 is 1.62 bits per heavy atom. The number of carboxylic acids is 1. The third-order valence-electron chi connectivity index (χ3n) is 0.187. The Morgan fingerprint density at radius 1 is 1.50 bits per heavy atom. The fourth-order valence-corrected chi connectivity index (χ4v) is 0. The number of rotatable bonds is 1. The molecule has 8 heavy (non-hydrogen) atoms. The van der Waals surface area contributed by atoms with Gasteiger partial charge >= 0.3 is 12.4 Å². The number of hydrogen-bond donors (Lipinski definition) is 1. The van der Waals surface area contributed by atoms with Crippen LogP contribution in [0.25, 0.3) is 0 Å². The molecule has 0 aliphatic heterocycles. The van der Waals surface area contributed by atoms with Crippen molar-refractivity contribution >= 4 is 5.97 Å². The summed E-state index contributed by atoms with van der Waals surface area (Å²) in [7, 11) is 0.500. The minimum absolute atomic E-state index is 0.500. The van der Waals surface area contributed by atoms with Gasteiger partial charge in [-0.1, -0.05) is 0 Å². The third-order valence-corrected chi connectivity index (χ3v) is 0.187. The predicted molar refractivity (Wildman–Crippen MR) is 20.7 cm³/mol. The molecule has 5 heteroatoms. The summed E-state index contributed by atoms with van der Waals surface area (Å²) in [6.45, 7) is 0. The van der Waals surface area contributed by atoms with E-state index >= 15 is 0 Å². The highest BCUT2D eigenvalue weighted by Gasteiger charge is 2.10. The van der Waals surface area contributed by atoms with E-state index < -0.39 is 12.4 Å². The summed E-state index contributed by atoms with van der Waals surface area (Å²) in [4.78, 5) is 8.95. The molecule has 2 nitrogen and oxygen atoms in total. The Kier molecular flexibility index (Phi) is 8.05. The first-order valence-electron chi connectivity index (χ1n) is 1.53. The van der Waals surface area contributed by atoms with Crippen LogP contribution in [-0.4, -0.2) is 24.7 Å². The number of halogens is 3. The zero-order valence-corrected chi connectivity index (χ0v) is 4.07. The molecular formula is C3H5F3O2. The fourth-order valence-electron chi connectivity index (χ4n) is 0. The average molecular weight is 130 g/mol. The van der Waals surface area contributed by atoms with E-state index in [1.165, 1.54) is 0 Å². The van der Waals surface area contributed by atoms with Crippen LogP contribution in [-0.2, 0) is 4.79 Å². The summed E-state index contributed by atoms with van der Waals surface area (Å²) in [5.74, 6) is -2.07. The third kappa shape index (κ3) is 8.98. The minimum Gasteiger partial charge on any atom is -0.477 e. The Morgan fingerprint density at radius 2 is 1.62 bits per heavy atom. The van der Waals surface area contributed by atoms with E-state index in [0.29, 0.717) is 7.18 Å². The van der Waals surface area contributed by atoms with E-state index in [9.17, 15) is 13.2 Å². The molecule has 0 bridgehead atoms. The van der Waals surface area contributed by atoms with E-state index in [1.807, 2.05) is 0 Å². The zero-order valence-electron chi connectivity index (χ0n) is 4.07. The zero-order chi connectivity index (χ0) is 7.15. The molecule has 0 rings (SSSR count). The number of alkyl halides is 3. The minimum atomic E-state index is -3.23. The molecule has 0 spiro atoms. The first kappa shape index (κ1) is 10.3. The van der Waals surface area contributed by atoms with Crippen LogP contribution in [0.15, 0.2) is 0 Å². The molecule has 0 aromatic heterocycles. The monoisotopic (exact) mass is 130 g/mol. The first-order valence-corrected chi connectivity index (χ1v) is 1.53. The maximum Gasteiger partial charge on any atom is 0.371 e. The van der Waals surface area contributed by atoms with Gasteiger partial charge in [-0.25, -0.2) is 4.79 Å². The molecule has 0 amide bonds. The molecule has 50 valence electrons. The second kappa shape index (κ2) is 6.26. The lowest BCUT2D eigenvalue weighted by Gasteiger charge is -1.81. The molecule has 0 unspecified atom stereocenters. The lowest BCUT2D eigenvalue weighted by molar-refractivity contribution is -0.149. The summed E-state index contributed by atoms with van der Waals surface area (Å²) in [5.41, 5.74) is 0. The Bertz CT molecular complexity index is 63.5. The molecule has 0 saturated heterocycles. The predicted octanol–water partition coefficient (Wildman–Crippen LogP) is 0.922. The largest absolute Gasteiger partial charge is 0.477 e. The van der Waals surface area contributed by atoms with Crippen molar-refractivity contribution in [1.29, 1.82) is 0 Å². The summed E-state index contributed by atoms with van der Waals surface area (Å²) in [6.07, 6.45) is -3.23. The van der Waals surface area contributed by atoms with Crippen LogP contribution in [0.1, 0.15) is 0 Å². The Balaban J connectivity index is 0. The highest BCUT2D eigenvalue weighted by Crippen LogP contribution is 1.87. The van der Waals surface area contributed by atoms with Gasteiger partial charge in [-0.3, -0.25) is 4.39 Å². The average Bonchev–Trinajstić information content (AvgIpc) is 1.72. The van der Waals surface area contributed by atoms with Gasteiger partial charge in [0.15, 0.2) is 0 Å². The van der Waals surface area contributed by atoms with E-state index in [2.05, 4.69) is 0 Å². The van der Waals surface area contributed by atoms with Gasteiger partial charge in [0.1, 0.15) is 0 Å². The van der Waals surface area contributed by atoms with Crippen molar-refractivity contribution < 1.29 is 23.1 Å². The molecule has 0 aromatic carbocycles. The second-order valence-corrected chi connectivity index (χ2v) is 0.639. The molecule has 1 N–H and O–H groups in total. The van der Waals surface area contributed by atoms with E-state index in [1.54, 1.807) is 0 Å². The van der Waals surface area contributed by atoms with Crippen molar-refractivity contribution in [2.24, 2.45) is 0 Å². The van der Waals surface area contributed by atoms with Crippen molar-refractivity contribution in [3.8, 4) is 0 Å². The Hall–Kier alpha value is -0.740. The standard InChI is InChI=1S/C2H2F2O2.CH3F/c3-1(4)2(5)6;1-2/h1H,(H,5,6);1H3. The molecule has 0 aromatic rings. The van der Waals surface area contributed by atoms with E-state index in [-0.39, 0.29) is 0 Å². The van der Waals surface area contributed by atoms with Crippen LogP contribution >= 0.6 is 0 Å². The topological polar surface area (TPSA) is 37.3 Å². The fraction of sp³-hybridized carbons (Fsp3) is 0.667. The van der Waals surface area contributed by atoms with Gasteiger partial charge in [0.2, 0.25) is 0 Å². The number of carboxylic acid groups (broad SMARTS) is 1. The van der Waals surface area contributed by atoms with Crippen molar-refractivity contribution in [2.45, 2.75) is 6.43 Å². The SMILES string of the molecule is CF.O=C(O)C(F)F. The highest BCUT2D eigenvalue weighted by atomic mass is 19.3. The first-order chi connectivity index (χ1) is 3.64. The highest BCUT2D eigenvalue weighted by molar-refractivity contribution is 5.70. The van der Waals surface area contributed by atoms with Gasteiger partial charge in [-0.2, -0.15) is 8.78 Å². The van der Waals surface area contributed by atoms with Crippen LogP contribution in [0.3, 0.4) is 0 Å². The number of aliphatic carboxylic acids is 1. The molecular weight excluding hydrogens is 125 g/mol. The van der Waals surface area contributed by atoms with Crippen LogP contribution in [0.2, 0.25) is 0 Å². The quantitative estimate of drug-likeness (QED) is 0.573. The van der Waals surface area contributed by atoms with Crippen LogP contribution < -0.4 is 0 Å². The molecule has 0 saturated carbocycles. The maximum atomic E-state index is 10.6. The molecule has 0 atom stereocenters. The normalized spacial score (nSPS) is 7.62. The van der Waals surface area contributed by atoms with Gasteiger partial charge in [-0.15, -0.1) is 0 Å². The van der Waals surface area contributed by atoms with Crippen LogP contribution in [0.4, 0.5) is 13.2 Å². The second-order valence-electron chi connectivity index (χ2n) is 0.639. The summed E-state index contributed by atoms with van der Waals surface area (Å²) >= 11 is 0. The van der Waals surface area contributed by atoms with Crippen molar-refractivity contribution in [3.05, 3.63) is 0 Å². The molecule has 0 fully saturated rings. The molecule has 0 heterocycles. The van der Waals surface area contributed by atoms with Gasteiger partial charge in [-0.05, 0) is 0 Å². The molecule has 0 aliphatic rings. The smallest absolute Gasteiger partial charge is 0.371 e. The Labute approximate surface area is 43.9 Å². The van der Waals surface area contributed by atoms with Crippen molar-refractivity contribution in [1.82, 2.24) is 0 Å². The number of hydrogen-bond acceptors (Lipinski definition) is 1. The lowest BCUT2D eigenvalue weighted by atomic mass is 10.7. The summed E-state index contributed by atoms with van der Waals surface area (Å²) in [5, 5.41) is 7.24. The van der Waals surface area contributed by atoms with Gasteiger partial charge < -0.3 is 5.11 Å². The lowest BCUT2D eigenvalue weighted by Crippen LogP contribution is -2.06. The van der Waals surface area contributed by atoms with Crippen molar-refractivity contribution in [2.75, 3.05) is 7.18 Å². The van der Waals surface area contributed by atoms with Crippen LogP contribution in [0, 0.1) is 0 Å². The van der Waals surface area contributed by atoms with Crippen LogP contribution in [0.5, 0.6) is 0 Å². The molecule has 0 radical (unpaired) electrons. The van der Waals surface area contributed by atoms with E-state index in [0.717, 1.165) is 0 Å². The van der Waals surface area contributed by atoms with E-state index in [4.69, 9.17) is 9.90 Å². The van der Waals surface area contributed by atoms with Crippen molar-refractivity contribution in [3.63, 3.8) is 0 Å². The summed E-state index contributed by atoms with van der Waals surface area (Å²) < 4.78 is 30.6. The number of carbonyl (C=O) groups is 1. The summed E-state index contributed by atoms with van der Waals surface area (Å²) in [6, 6.07) is 0.